The van der Waals surface area contributed by atoms with E-state index >= 15 is 0 Å². The van der Waals surface area contributed by atoms with Crippen molar-refractivity contribution in [3.05, 3.63) is 60.2 Å². The summed E-state index contributed by atoms with van der Waals surface area (Å²) in [5.74, 6) is 0.780. The number of amides is 3. The Morgan fingerprint density at radius 3 is 2.58 bits per heavy atom. The number of likely N-dealkylation sites (N-methyl/N-ethyl adjacent to an activating group) is 1. The summed E-state index contributed by atoms with van der Waals surface area (Å²) in [6.45, 7) is 2.23. The van der Waals surface area contributed by atoms with E-state index in [9.17, 15) is 14.4 Å². The van der Waals surface area contributed by atoms with Crippen LogP contribution in [0.3, 0.4) is 0 Å². The zero-order valence-corrected chi connectivity index (χ0v) is 19.0. The van der Waals surface area contributed by atoms with Crippen LogP contribution in [0.4, 0.5) is 0 Å². The molecule has 2 N–H and O–H groups in total. The van der Waals surface area contributed by atoms with Crippen molar-refractivity contribution in [2.24, 2.45) is 0 Å². The van der Waals surface area contributed by atoms with Gasteiger partial charge in [0.2, 0.25) is 11.8 Å². The smallest absolute Gasteiger partial charge is 0.264 e. The Hall–Kier alpha value is -3.39. The maximum absolute atomic E-state index is 13.6. The van der Waals surface area contributed by atoms with Crippen LogP contribution in [0, 0.1) is 0 Å². The molecule has 0 aromatic heterocycles. The fourth-order valence-corrected chi connectivity index (χ4v) is 4.31. The Kier molecular flexibility index (Phi) is 6.93. The van der Waals surface area contributed by atoms with E-state index < -0.39 is 12.1 Å². The monoisotopic (exact) mass is 450 g/mol. The van der Waals surface area contributed by atoms with Crippen molar-refractivity contribution in [3.63, 3.8) is 0 Å². The van der Waals surface area contributed by atoms with Gasteiger partial charge in [0.25, 0.3) is 5.91 Å². The van der Waals surface area contributed by atoms with Crippen molar-refractivity contribution in [1.29, 1.82) is 0 Å². The predicted octanol–water partition coefficient (Wildman–Crippen LogP) is 2.77. The first-order chi connectivity index (χ1) is 16.0. The normalized spacial score (nSPS) is 21.8. The standard InChI is InChI=1S/C25H30N4O4/c1-17(26-2)24(31)27-21-13-14-23(30)28-15-7-12-22(29(28)25(21)32)18-8-6-11-20(16-18)33-19-9-4-3-5-10-19/h3-6,8-11,16-17,21-22,26H,7,12-15H2,1-2H3,(H,27,31)/t17?,21-,22-/m0/s1. The molecule has 2 saturated heterocycles. The topological polar surface area (TPSA) is 91.0 Å². The number of nitrogens with one attached hydrogen (secondary N) is 2. The molecule has 0 bridgehead atoms. The summed E-state index contributed by atoms with van der Waals surface area (Å²) in [4.78, 5) is 38.9. The van der Waals surface area contributed by atoms with Gasteiger partial charge < -0.3 is 15.4 Å². The number of rotatable bonds is 6. The Labute approximate surface area is 193 Å². The summed E-state index contributed by atoms with van der Waals surface area (Å²) in [7, 11) is 1.69. The molecule has 3 amide bonds. The molecular weight excluding hydrogens is 420 g/mol. The number of para-hydroxylation sites is 1. The molecule has 3 atom stereocenters. The number of carbonyl (C=O) groups excluding carboxylic acids is 3. The summed E-state index contributed by atoms with van der Waals surface area (Å²) >= 11 is 0. The molecule has 8 heteroatoms. The number of ether oxygens (including phenoxy) is 1. The molecule has 0 radical (unpaired) electrons. The Morgan fingerprint density at radius 2 is 1.82 bits per heavy atom. The van der Waals surface area contributed by atoms with Gasteiger partial charge in [0.05, 0.1) is 12.1 Å². The minimum Gasteiger partial charge on any atom is -0.457 e. The summed E-state index contributed by atoms with van der Waals surface area (Å²) in [6, 6.07) is 15.6. The van der Waals surface area contributed by atoms with Crippen LogP contribution in [0.25, 0.3) is 0 Å². The first kappa shape index (κ1) is 22.8. The number of hydrazine groups is 1. The van der Waals surface area contributed by atoms with E-state index in [1.807, 2.05) is 54.6 Å². The highest BCUT2D eigenvalue weighted by atomic mass is 16.5. The molecule has 2 aromatic rings. The van der Waals surface area contributed by atoms with Gasteiger partial charge in [-0.15, -0.1) is 0 Å². The Morgan fingerprint density at radius 1 is 1.06 bits per heavy atom. The number of fused-ring (bicyclic) bond motifs is 1. The van der Waals surface area contributed by atoms with Gasteiger partial charge in [-0.25, -0.2) is 5.01 Å². The van der Waals surface area contributed by atoms with Crippen LogP contribution in [0.5, 0.6) is 11.5 Å². The first-order valence-corrected chi connectivity index (χ1v) is 11.4. The molecule has 2 aliphatic rings. The van der Waals surface area contributed by atoms with Gasteiger partial charge in [-0.1, -0.05) is 30.3 Å². The molecule has 2 aliphatic heterocycles. The Balaban J connectivity index is 1.61. The van der Waals surface area contributed by atoms with Crippen LogP contribution in [-0.4, -0.2) is 53.4 Å². The van der Waals surface area contributed by atoms with Gasteiger partial charge in [-0.3, -0.25) is 19.4 Å². The molecule has 0 saturated carbocycles. The van der Waals surface area contributed by atoms with Crippen molar-refractivity contribution in [2.45, 2.75) is 50.7 Å². The van der Waals surface area contributed by atoms with Gasteiger partial charge in [-0.05, 0) is 63.1 Å². The molecule has 2 heterocycles. The van der Waals surface area contributed by atoms with Crippen molar-refractivity contribution in [1.82, 2.24) is 20.7 Å². The average Bonchev–Trinajstić information content (AvgIpc) is 2.96. The minimum atomic E-state index is -0.744. The third-order valence-corrected chi connectivity index (χ3v) is 6.23. The predicted molar refractivity (Wildman–Crippen MR) is 123 cm³/mol. The van der Waals surface area contributed by atoms with Crippen molar-refractivity contribution in [2.75, 3.05) is 13.6 Å². The maximum Gasteiger partial charge on any atom is 0.264 e. The van der Waals surface area contributed by atoms with Gasteiger partial charge >= 0.3 is 0 Å². The van der Waals surface area contributed by atoms with Crippen LogP contribution in [0.2, 0.25) is 0 Å². The summed E-state index contributed by atoms with van der Waals surface area (Å²) < 4.78 is 5.98. The molecule has 0 spiro atoms. The lowest BCUT2D eigenvalue weighted by molar-refractivity contribution is -0.174. The van der Waals surface area contributed by atoms with Crippen molar-refractivity contribution >= 4 is 17.7 Å². The number of hydrogen-bond donors (Lipinski definition) is 2. The molecule has 2 fully saturated rings. The lowest BCUT2D eigenvalue weighted by Crippen LogP contribution is -2.58. The second-order valence-electron chi connectivity index (χ2n) is 8.46. The average molecular weight is 451 g/mol. The highest BCUT2D eigenvalue weighted by Crippen LogP contribution is 2.36. The molecule has 8 nitrogen and oxygen atoms in total. The molecule has 1 unspecified atom stereocenters. The third kappa shape index (κ3) is 5.01. The largest absolute Gasteiger partial charge is 0.457 e. The van der Waals surface area contributed by atoms with Gasteiger partial charge in [0, 0.05) is 13.0 Å². The van der Waals surface area contributed by atoms with Crippen LogP contribution in [0.1, 0.15) is 44.2 Å². The lowest BCUT2D eigenvalue weighted by atomic mass is 9.98. The van der Waals surface area contributed by atoms with Crippen molar-refractivity contribution in [3.8, 4) is 11.5 Å². The highest BCUT2D eigenvalue weighted by molar-refractivity contribution is 5.92. The van der Waals surface area contributed by atoms with Gasteiger partial charge in [-0.2, -0.15) is 0 Å². The maximum atomic E-state index is 13.6. The van der Waals surface area contributed by atoms with Crippen LogP contribution >= 0.6 is 0 Å². The molecule has 2 aromatic carbocycles. The van der Waals surface area contributed by atoms with Gasteiger partial charge in [0.15, 0.2) is 0 Å². The summed E-state index contributed by atoms with van der Waals surface area (Å²) in [5, 5.41) is 8.84. The quantitative estimate of drug-likeness (QED) is 0.706. The van der Waals surface area contributed by atoms with E-state index in [4.69, 9.17) is 4.74 Å². The zero-order valence-electron chi connectivity index (χ0n) is 19.0. The fraction of sp³-hybridized carbons (Fsp3) is 0.400. The van der Waals surface area contributed by atoms with E-state index in [-0.39, 0.29) is 36.6 Å². The summed E-state index contributed by atoms with van der Waals surface area (Å²) in [6.07, 6.45) is 2.01. The van der Waals surface area contributed by atoms with Gasteiger partial charge in [0.1, 0.15) is 17.5 Å². The van der Waals surface area contributed by atoms with E-state index in [0.717, 1.165) is 24.2 Å². The van der Waals surface area contributed by atoms with E-state index in [1.165, 1.54) is 0 Å². The number of nitrogens with zero attached hydrogens (tertiary/aromatic N) is 2. The second-order valence-corrected chi connectivity index (χ2v) is 8.46. The zero-order chi connectivity index (χ0) is 23.4. The number of carbonyl (C=O) groups is 3. The second kappa shape index (κ2) is 10.0. The highest BCUT2D eigenvalue weighted by Gasteiger charge is 2.42. The lowest BCUT2D eigenvalue weighted by Gasteiger charge is -2.44. The first-order valence-electron chi connectivity index (χ1n) is 11.4. The fourth-order valence-electron chi connectivity index (χ4n) is 4.31. The molecule has 0 aliphatic carbocycles. The van der Waals surface area contributed by atoms with E-state index in [1.54, 1.807) is 24.0 Å². The number of hydrogen-bond acceptors (Lipinski definition) is 5. The van der Waals surface area contributed by atoms with Crippen LogP contribution in [-0.2, 0) is 14.4 Å². The van der Waals surface area contributed by atoms with E-state index in [2.05, 4.69) is 10.6 Å². The molecule has 4 rings (SSSR count). The third-order valence-electron chi connectivity index (χ3n) is 6.23. The Bertz CT molecular complexity index is 1010. The molecule has 33 heavy (non-hydrogen) atoms. The molecule has 174 valence electrons. The SMILES string of the molecule is CNC(C)C(=O)N[C@H]1CCC(=O)N2CCC[C@@H](c3cccc(Oc4ccccc4)c3)N2C1=O. The van der Waals surface area contributed by atoms with Crippen LogP contribution < -0.4 is 15.4 Å². The molecular formula is C25H30N4O4. The minimum absolute atomic E-state index is 0.0943. The van der Waals surface area contributed by atoms with Crippen LogP contribution in [0.15, 0.2) is 54.6 Å². The van der Waals surface area contributed by atoms with Crippen molar-refractivity contribution < 1.29 is 19.1 Å². The number of benzene rings is 2. The van der Waals surface area contributed by atoms with E-state index in [0.29, 0.717) is 12.3 Å². The summed E-state index contributed by atoms with van der Waals surface area (Å²) in [5.41, 5.74) is 0.893.